The molecule has 1 fully saturated rings. The van der Waals surface area contributed by atoms with Crippen LogP contribution in [0.1, 0.15) is 25.5 Å². The SMILES string of the molecule is CC(=O)NCCNC(=O)CC1CCNCC1Cc1cc(-c2ccccn2)on1. The summed E-state index contributed by atoms with van der Waals surface area (Å²) in [5.74, 6) is 1.20. The van der Waals surface area contributed by atoms with E-state index in [2.05, 4.69) is 26.1 Å². The Morgan fingerprint density at radius 2 is 2.11 bits per heavy atom. The molecule has 3 N–H and O–H groups in total. The number of amides is 2. The van der Waals surface area contributed by atoms with Crippen LogP contribution < -0.4 is 16.0 Å². The van der Waals surface area contributed by atoms with Crippen molar-refractivity contribution in [2.24, 2.45) is 11.8 Å². The van der Waals surface area contributed by atoms with E-state index in [1.165, 1.54) is 6.92 Å². The number of aromatic nitrogens is 2. The fourth-order valence-electron chi connectivity index (χ4n) is 3.54. The normalized spacial score (nSPS) is 19.2. The second-order valence-electron chi connectivity index (χ2n) is 7.15. The van der Waals surface area contributed by atoms with Gasteiger partial charge in [0.2, 0.25) is 11.8 Å². The number of nitrogens with zero attached hydrogens (tertiary/aromatic N) is 2. The van der Waals surface area contributed by atoms with Crippen LogP contribution in [-0.2, 0) is 16.0 Å². The van der Waals surface area contributed by atoms with Gasteiger partial charge in [-0.25, -0.2) is 0 Å². The Bertz CT molecular complexity index is 777. The predicted octanol–water partition coefficient (Wildman–Crippen LogP) is 1.15. The van der Waals surface area contributed by atoms with Crippen molar-refractivity contribution in [2.75, 3.05) is 26.2 Å². The minimum absolute atomic E-state index is 0.0246. The Balaban J connectivity index is 1.53. The molecule has 3 heterocycles. The van der Waals surface area contributed by atoms with E-state index in [0.717, 1.165) is 37.3 Å². The lowest BCUT2D eigenvalue weighted by atomic mass is 9.81. The molecule has 8 nitrogen and oxygen atoms in total. The summed E-state index contributed by atoms with van der Waals surface area (Å²) in [6, 6.07) is 7.60. The summed E-state index contributed by atoms with van der Waals surface area (Å²) < 4.78 is 5.45. The van der Waals surface area contributed by atoms with Crippen molar-refractivity contribution in [1.29, 1.82) is 0 Å². The maximum atomic E-state index is 12.3. The molecule has 2 amide bonds. The topological polar surface area (TPSA) is 109 Å². The van der Waals surface area contributed by atoms with Gasteiger partial charge in [0.05, 0.1) is 5.69 Å². The zero-order valence-electron chi connectivity index (χ0n) is 16.1. The van der Waals surface area contributed by atoms with Crippen molar-refractivity contribution in [3.8, 4) is 11.5 Å². The smallest absolute Gasteiger partial charge is 0.220 e. The average Bonchev–Trinajstić information content (AvgIpc) is 3.16. The fourth-order valence-corrected chi connectivity index (χ4v) is 3.54. The summed E-state index contributed by atoms with van der Waals surface area (Å²) in [6.45, 7) is 4.13. The monoisotopic (exact) mass is 385 g/mol. The van der Waals surface area contributed by atoms with Crippen molar-refractivity contribution in [3.05, 3.63) is 36.2 Å². The summed E-state index contributed by atoms with van der Waals surface area (Å²) in [5, 5.41) is 13.2. The molecule has 1 aliphatic heterocycles. The molecule has 0 bridgehead atoms. The minimum atomic E-state index is -0.0923. The molecular weight excluding hydrogens is 358 g/mol. The van der Waals surface area contributed by atoms with Crippen LogP contribution in [0, 0.1) is 11.8 Å². The molecule has 0 radical (unpaired) electrons. The molecule has 2 aromatic rings. The summed E-state index contributed by atoms with van der Waals surface area (Å²) in [7, 11) is 0. The van der Waals surface area contributed by atoms with Gasteiger partial charge in [0.15, 0.2) is 5.76 Å². The predicted molar refractivity (Wildman–Crippen MR) is 104 cm³/mol. The van der Waals surface area contributed by atoms with Gasteiger partial charge in [-0.05, 0) is 49.9 Å². The van der Waals surface area contributed by atoms with Crippen LogP contribution in [0.5, 0.6) is 0 Å². The molecule has 0 spiro atoms. The van der Waals surface area contributed by atoms with E-state index >= 15 is 0 Å². The highest BCUT2D eigenvalue weighted by Crippen LogP contribution is 2.27. The Kier molecular flexibility index (Phi) is 7.13. The highest BCUT2D eigenvalue weighted by atomic mass is 16.5. The first kappa shape index (κ1) is 20.0. The second-order valence-corrected chi connectivity index (χ2v) is 7.15. The first-order chi connectivity index (χ1) is 13.6. The Labute approximate surface area is 164 Å². The molecule has 3 rings (SSSR count). The largest absolute Gasteiger partial charge is 0.355 e. The maximum absolute atomic E-state index is 12.3. The van der Waals surface area contributed by atoms with E-state index in [1.54, 1.807) is 6.20 Å². The number of carbonyl (C=O) groups is 2. The molecule has 2 atom stereocenters. The zero-order valence-corrected chi connectivity index (χ0v) is 16.1. The number of hydrogen-bond acceptors (Lipinski definition) is 6. The molecule has 2 unspecified atom stereocenters. The highest BCUT2D eigenvalue weighted by molar-refractivity contribution is 5.76. The van der Waals surface area contributed by atoms with Crippen LogP contribution in [0.3, 0.4) is 0 Å². The molecule has 28 heavy (non-hydrogen) atoms. The number of carbonyl (C=O) groups excluding carboxylic acids is 2. The van der Waals surface area contributed by atoms with Crippen LogP contribution >= 0.6 is 0 Å². The summed E-state index contributed by atoms with van der Waals surface area (Å²) >= 11 is 0. The van der Waals surface area contributed by atoms with Gasteiger partial charge in [-0.15, -0.1) is 0 Å². The van der Waals surface area contributed by atoms with Gasteiger partial charge in [0.25, 0.3) is 0 Å². The highest BCUT2D eigenvalue weighted by Gasteiger charge is 2.28. The third-order valence-corrected chi connectivity index (χ3v) is 4.98. The van der Waals surface area contributed by atoms with Crippen molar-refractivity contribution in [2.45, 2.75) is 26.2 Å². The number of rotatable bonds is 8. The summed E-state index contributed by atoms with van der Waals surface area (Å²) in [4.78, 5) is 27.4. The Hall–Kier alpha value is -2.74. The van der Waals surface area contributed by atoms with E-state index in [4.69, 9.17) is 4.52 Å². The van der Waals surface area contributed by atoms with Gasteiger partial charge in [-0.1, -0.05) is 11.2 Å². The van der Waals surface area contributed by atoms with Crippen LogP contribution in [0.25, 0.3) is 11.5 Å². The van der Waals surface area contributed by atoms with E-state index in [1.807, 2.05) is 24.3 Å². The fraction of sp³-hybridized carbons (Fsp3) is 0.500. The number of piperidine rings is 1. The third-order valence-electron chi connectivity index (χ3n) is 4.98. The van der Waals surface area contributed by atoms with Gasteiger partial charge in [-0.2, -0.15) is 0 Å². The molecule has 1 aliphatic rings. The van der Waals surface area contributed by atoms with Crippen molar-refractivity contribution in [3.63, 3.8) is 0 Å². The minimum Gasteiger partial charge on any atom is -0.355 e. The van der Waals surface area contributed by atoms with Crippen LogP contribution in [-0.4, -0.2) is 48.1 Å². The first-order valence-corrected chi connectivity index (χ1v) is 9.70. The third kappa shape index (κ3) is 5.88. The summed E-state index contributed by atoms with van der Waals surface area (Å²) in [6.07, 6.45) is 3.92. The zero-order chi connectivity index (χ0) is 19.8. The maximum Gasteiger partial charge on any atom is 0.220 e. The first-order valence-electron chi connectivity index (χ1n) is 9.70. The van der Waals surface area contributed by atoms with Crippen LogP contribution in [0.2, 0.25) is 0 Å². The van der Waals surface area contributed by atoms with Crippen molar-refractivity contribution in [1.82, 2.24) is 26.1 Å². The van der Waals surface area contributed by atoms with Crippen molar-refractivity contribution < 1.29 is 14.1 Å². The van der Waals surface area contributed by atoms with E-state index in [9.17, 15) is 9.59 Å². The second kappa shape index (κ2) is 9.98. The lowest BCUT2D eigenvalue weighted by Gasteiger charge is -2.31. The Morgan fingerprint density at radius 1 is 1.25 bits per heavy atom. The van der Waals surface area contributed by atoms with E-state index < -0.39 is 0 Å². The lowest BCUT2D eigenvalue weighted by Crippen LogP contribution is -2.41. The number of nitrogens with one attached hydrogen (secondary N) is 3. The van der Waals surface area contributed by atoms with Crippen LogP contribution in [0.15, 0.2) is 35.0 Å². The summed E-state index contributed by atoms with van der Waals surface area (Å²) in [5.41, 5.74) is 1.64. The molecule has 150 valence electrons. The lowest BCUT2D eigenvalue weighted by molar-refractivity contribution is -0.123. The number of hydrogen-bond donors (Lipinski definition) is 3. The van der Waals surface area contributed by atoms with Gasteiger partial charge in [-0.3, -0.25) is 14.6 Å². The molecule has 0 aliphatic carbocycles. The molecular formula is C20H27N5O3. The van der Waals surface area contributed by atoms with Gasteiger partial charge >= 0.3 is 0 Å². The average molecular weight is 385 g/mol. The van der Waals surface area contributed by atoms with Crippen molar-refractivity contribution >= 4 is 11.8 Å². The van der Waals surface area contributed by atoms with Crippen LogP contribution in [0.4, 0.5) is 0 Å². The quantitative estimate of drug-likeness (QED) is 0.588. The van der Waals surface area contributed by atoms with Gasteiger partial charge in [0.1, 0.15) is 5.69 Å². The molecule has 0 saturated carbocycles. The van der Waals surface area contributed by atoms with E-state index in [0.29, 0.717) is 31.2 Å². The number of pyridine rings is 1. The molecule has 1 saturated heterocycles. The molecule has 2 aromatic heterocycles. The van der Waals surface area contributed by atoms with Gasteiger partial charge < -0.3 is 20.5 Å². The molecule has 0 aromatic carbocycles. The Morgan fingerprint density at radius 3 is 2.89 bits per heavy atom. The van der Waals surface area contributed by atoms with Gasteiger partial charge in [0, 0.05) is 38.7 Å². The standard InChI is InChI=1S/C20H27N5O3/c1-14(26)22-8-9-24-20(27)11-15-5-7-21-13-16(15)10-17-12-19(28-25-17)18-4-2-3-6-23-18/h2-4,6,12,15-16,21H,5,7-11,13H2,1H3,(H,22,26)(H,24,27). The van der Waals surface area contributed by atoms with E-state index in [-0.39, 0.29) is 17.7 Å². The molecule has 8 heteroatoms.